The molecule has 9 nitrogen and oxygen atoms in total. The van der Waals surface area contributed by atoms with Crippen LogP contribution in [0.3, 0.4) is 0 Å². The highest BCUT2D eigenvalue weighted by Crippen LogP contribution is 2.44. The van der Waals surface area contributed by atoms with Crippen LogP contribution >= 0.6 is 0 Å². The van der Waals surface area contributed by atoms with E-state index in [1.807, 2.05) is 30.3 Å². The SMILES string of the molecule is O=C(O)C1CC(c2cc([N+](=O)[O-])ccc2O)NC2NNC(c3ccccc3)C21. The second-order valence-corrected chi connectivity index (χ2v) is 7.13. The van der Waals surface area contributed by atoms with Crippen LogP contribution in [-0.2, 0) is 4.79 Å². The van der Waals surface area contributed by atoms with Crippen molar-refractivity contribution in [2.75, 3.05) is 0 Å². The van der Waals surface area contributed by atoms with Crippen LogP contribution in [0, 0.1) is 22.0 Å². The zero-order chi connectivity index (χ0) is 19.8. The van der Waals surface area contributed by atoms with E-state index < -0.39 is 22.9 Å². The maximum atomic E-state index is 12.1. The number of hydrogen-bond acceptors (Lipinski definition) is 7. The molecule has 9 heteroatoms. The Kier molecular flexibility index (Phi) is 4.71. The number of nitro benzene ring substituents is 1. The first-order valence-electron chi connectivity index (χ1n) is 8.98. The molecule has 2 heterocycles. The van der Waals surface area contributed by atoms with E-state index in [0.717, 1.165) is 5.56 Å². The summed E-state index contributed by atoms with van der Waals surface area (Å²) in [4.78, 5) is 22.6. The van der Waals surface area contributed by atoms with Crippen molar-refractivity contribution in [3.05, 3.63) is 69.8 Å². The summed E-state index contributed by atoms with van der Waals surface area (Å²) in [6.07, 6.45) is -0.165. The van der Waals surface area contributed by atoms with Crippen LogP contribution in [0.1, 0.15) is 29.6 Å². The molecule has 0 bridgehead atoms. The Bertz CT molecular complexity index is 906. The number of fused-ring (bicyclic) bond motifs is 1. The third-order valence-electron chi connectivity index (χ3n) is 5.57. The van der Waals surface area contributed by atoms with E-state index in [2.05, 4.69) is 16.2 Å². The number of piperidine rings is 1. The topological polar surface area (TPSA) is 137 Å². The van der Waals surface area contributed by atoms with Gasteiger partial charge in [0, 0.05) is 29.7 Å². The molecule has 2 aromatic rings. The van der Waals surface area contributed by atoms with Gasteiger partial charge in [-0.2, -0.15) is 0 Å². The Labute approximate surface area is 160 Å². The third-order valence-corrected chi connectivity index (χ3v) is 5.57. The fraction of sp³-hybridized carbons (Fsp3) is 0.316. The normalized spacial score (nSPS) is 29.2. The number of rotatable bonds is 4. The standard InChI is InChI=1S/C19H20N4O5/c24-15-7-6-11(23(27)28)8-12(15)14-9-13(19(25)26)16-17(21-22-18(16)20-14)10-4-2-1-3-5-10/h1-8,13-14,16-18,20-22,24H,9H2,(H,25,26). The van der Waals surface area contributed by atoms with E-state index >= 15 is 0 Å². The first-order chi connectivity index (χ1) is 13.5. The molecule has 0 aromatic heterocycles. The molecule has 2 aliphatic heterocycles. The molecule has 28 heavy (non-hydrogen) atoms. The molecule has 0 spiro atoms. The molecule has 0 amide bonds. The Hall–Kier alpha value is -3.01. The van der Waals surface area contributed by atoms with Crippen LogP contribution < -0.4 is 16.2 Å². The zero-order valence-corrected chi connectivity index (χ0v) is 14.8. The molecule has 5 N–H and O–H groups in total. The number of nitrogens with zero attached hydrogens (tertiary/aromatic N) is 1. The number of carbonyl (C=O) groups is 1. The van der Waals surface area contributed by atoms with Crippen LogP contribution in [0.2, 0.25) is 0 Å². The molecule has 5 unspecified atom stereocenters. The number of carboxylic acid groups (broad SMARTS) is 1. The molecule has 0 aliphatic carbocycles. The molecule has 2 fully saturated rings. The lowest BCUT2D eigenvalue weighted by atomic mass is 9.74. The highest BCUT2D eigenvalue weighted by atomic mass is 16.6. The van der Waals surface area contributed by atoms with Crippen LogP contribution in [0.4, 0.5) is 5.69 Å². The predicted molar refractivity (Wildman–Crippen MR) is 99.1 cm³/mol. The van der Waals surface area contributed by atoms with Crippen LogP contribution in [-0.4, -0.2) is 27.3 Å². The fourth-order valence-electron chi connectivity index (χ4n) is 4.26. The average Bonchev–Trinajstić information content (AvgIpc) is 3.12. The lowest BCUT2D eigenvalue weighted by molar-refractivity contribution is -0.385. The number of aromatic hydroxyl groups is 1. The summed E-state index contributed by atoms with van der Waals surface area (Å²) in [6, 6.07) is 12.6. The van der Waals surface area contributed by atoms with Gasteiger partial charge in [-0.15, -0.1) is 0 Å². The molecule has 2 aromatic carbocycles. The van der Waals surface area contributed by atoms with E-state index in [1.165, 1.54) is 18.2 Å². The minimum Gasteiger partial charge on any atom is -0.508 e. The van der Waals surface area contributed by atoms with Gasteiger partial charge in [0.2, 0.25) is 0 Å². The fourth-order valence-corrected chi connectivity index (χ4v) is 4.26. The van der Waals surface area contributed by atoms with Gasteiger partial charge in [0.15, 0.2) is 0 Å². The smallest absolute Gasteiger partial charge is 0.307 e. The Morgan fingerprint density at radius 2 is 1.89 bits per heavy atom. The van der Waals surface area contributed by atoms with Crippen molar-refractivity contribution < 1.29 is 19.9 Å². The molecular weight excluding hydrogens is 364 g/mol. The quantitative estimate of drug-likeness (QED) is 0.398. The van der Waals surface area contributed by atoms with Crippen LogP contribution in [0.25, 0.3) is 0 Å². The lowest BCUT2D eigenvalue weighted by Gasteiger charge is -2.39. The summed E-state index contributed by atoms with van der Waals surface area (Å²) >= 11 is 0. The van der Waals surface area contributed by atoms with E-state index in [9.17, 15) is 25.1 Å². The third kappa shape index (κ3) is 3.19. The van der Waals surface area contributed by atoms with Crippen LogP contribution in [0.5, 0.6) is 5.75 Å². The summed E-state index contributed by atoms with van der Waals surface area (Å²) < 4.78 is 0. The molecule has 146 valence electrons. The summed E-state index contributed by atoms with van der Waals surface area (Å²) in [5, 5.41) is 34.5. The van der Waals surface area contributed by atoms with Crippen molar-refractivity contribution in [2.45, 2.75) is 24.7 Å². The van der Waals surface area contributed by atoms with Crippen molar-refractivity contribution >= 4 is 11.7 Å². The predicted octanol–water partition coefficient (Wildman–Crippen LogP) is 1.83. The highest BCUT2D eigenvalue weighted by molar-refractivity contribution is 5.71. The van der Waals surface area contributed by atoms with Gasteiger partial charge in [-0.3, -0.25) is 20.2 Å². The molecular formula is C19H20N4O5. The van der Waals surface area contributed by atoms with Gasteiger partial charge in [-0.05, 0) is 18.1 Å². The van der Waals surface area contributed by atoms with Gasteiger partial charge in [0.1, 0.15) is 5.75 Å². The number of carboxylic acids is 1. The Morgan fingerprint density at radius 3 is 2.57 bits per heavy atom. The van der Waals surface area contributed by atoms with Crippen molar-refractivity contribution in [2.24, 2.45) is 11.8 Å². The molecule has 4 rings (SSSR count). The molecule has 2 saturated heterocycles. The van der Waals surface area contributed by atoms with Gasteiger partial charge in [-0.25, -0.2) is 10.9 Å². The Balaban J connectivity index is 1.66. The first kappa shape index (κ1) is 18.4. The number of nitrogens with one attached hydrogen (secondary N) is 3. The summed E-state index contributed by atoms with van der Waals surface area (Å²) in [6.45, 7) is 0. The number of benzene rings is 2. The minimum atomic E-state index is -0.933. The number of non-ortho nitro benzene ring substituents is 1. The summed E-state index contributed by atoms with van der Waals surface area (Å²) in [5.74, 6) is -2.01. The minimum absolute atomic E-state index is 0.101. The van der Waals surface area contributed by atoms with E-state index in [0.29, 0.717) is 5.56 Å². The van der Waals surface area contributed by atoms with E-state index in [4.69, 9.17) is 0 Å². The average molecular weight is 384 g/mol. The number of aliphatic carboxylic acids is 1. The van der Waals surface area contributed by atoms with Gasteiger partial charge in [-0.1, -0.05) is 30.3 Å². The van der Waals surface area contributed by atoms with Gasteiger partial charge >= 0.3 is 5.97 Å². The number of phenols is 1. The number of hydrazine groups is 1. The summed E-state index contributed by atoms with van der Waals surface area (Å²) in [5.41, 5.74) is 7.43. The summed E-state index contributed by atoms with van der Waals surface area (Å²) in [7, 11) is 0. The van der Waals surface area contributed by atoms with E-state index in [-0.39, 0.29) is 36.0 Å². The Morgan fingerprint density at radius 1 is 1.14 bits per heavy atom. The highest BCUT2D eigenvalue weighted by Gasteiger charge is 2.49. The lowest BCUT2D eigenvalue weighted by Crippen LogP contribution is -2.53. The molecule has 0 saturated carbocycles. The second kappa shape index (κ2) is 7.19. The zero-order valence-electron chi connectivity index (χ0n) is 14.8. The number of nitro groups is 1. The largest absolute Gasteiger partial charge is 0.508 e. The van der Waals surface area contributed by atoms with Crippen molar-refractivity contribution in [3.63, 3.8) is 0 Å². The van der Waals surface area contributed by atoms with Crippen molar-refractivity contribution in [1.82, 2.24) is 16.2 Å². The molecule has 0 radical (unpaired) electrons. The molecule has 2 aliphatic rings. The van der Waals surface area contributed by atoms with Gasteiger partial charge < -0.3 is 10.2 Å². The van der Waals surface area contributed by atoms with Crippen molar-refractivity contribution in [3.8, 4) is 5.75 Å². The monoisotopic (exact) mass is 384 g/mol. The van der Waals surface area contributed by atoms with Gasteiger partial charge in [0.25, 0.3) is 5.69 Å². The van der Waals surface area contributed by atoms with E-state index in [1.54, 1.807) is 0 Å². The maximum Gasteiger partial charge on any atom is 0.307 e. The molecule has 5 atom stereocenters. The number of hydrogen-bond donors (Lipinski definition) is 5. The van der Waals surface area contributed by atoms with Crippen molar-refractivity contribution in [1.29, 1.82) is 0 Å². The number of phenolic OH excluding ortho intramolecular Hbond substituents is 1. The second-order valence-electron chi connectivity index (χ2n) is 7.13. The van der Waals surface area contributed by atoms with Gasteiger partial charge in [0.05, 0.1) is 23.0 Å². The van der Waals surface area contributed by atoms with Crippen LogP contribution in [0.15, 0.2) is 48.5 Å². The maximum absolute atomic E-state index is 12.1. The first-order valence-corrected chi connectivity index (χ1v) is 8.98.